The highest BCUT2D eigenvalue weighted by Crippen LogP contribution is 2.24. The van der Waals surface area contributed by atoms with Crippen LogP contribution in [0.15, 0.2) is 41.8 Å². The number of carbonyl (C=O) groups is 2. The minimum atomic E-state index is -1.31. The Morgan fingerprint density at radius 2 is 2.05 bits per heavy atom. The van der Waals surface area contributed by atoms with Crippen molar-refractivity contribution in [2.24, 2.45) is 5.73 Å². The number of hydrogen-bond donors (Lipinski definition) is 2. The van der Waals surface area contributed by atoms with Gasteiger partial charge in [-0.05, 0) is 36.1 Å². The average molecular weight is 309 g/mol. The summed E-state index contributed by atoms with van der Waals surface area (Å²) in [7, 11) is 0. The Morgan fingerprint density at radius 3 is 2.60 bits per heavy atom. The Balaban J connectivity index is 2.35. The minimum Gasteiger partial charge on any atom is -0.367 e. The summed E-state index contributed by atoms with van der Waals surface area (Å²) >= 11 is 7.22. The SMILES string of the molecule is C[C@](NC(=O)c1cccs1)(C(N)=O)c1cccc(Cl)c1. The van der Waals surface area contributed by atoms with E-state index in [2.05, 4.69) is 5.32 Å². The Labute approximate surface area is 125 Å². The Bertz CT molecular complexity index is 642. The number of halogens is 1. The molecule has 0 aliphatic heterocycles. The predicted octanol–water partition coefficient (Wildman–Crippen LogP) is 2.53. The van der Waals surface area contributed by atoms with Crippen LogP contribution in [0.4, 0.5) is 0 Å². The molecule has 6 heteroatoms. The third-order valence-electron chi connectivity index (χ3n) is 3.00. The molecule has 1 aromatic heterocycles. The summed E-state index contributed by atoms with van der Waals surface area (Å²) in [6.45, 7) is 1.56. The molecule has 1 aromatic carbocycles. The van der Waals surface area contributed by atoms with E-state index in [1.165, 1.54) is 11.3 Å². The van der Waals surface area contributed by atoms with Gasteiger partial charge in [-0.25, -0.2) is 0 Å². The van der Waals surface area contributed by atoms with E-state index in [-0.39, 0.29) is 5.91 Å². The maximum atomic E-state index is 12.1. The van der Waals surface area contributed by atoms with Crippen molar-refractivity contribution in [2.75, 3.05) is 0 Å². The quantitative estimate of drug-likeness (QED) is 0.911. The van der Waals surface area contributed by atoms with Gasteiger partial charge in [-0.2, -0.15) is 0 Å². The third kappa shape index (κ3) is 2.84. The zero-order valence-electron chi connectivity index (χ0n) is 10.7. The summed E-state index contributed by atoms with van der Waals surface area (Å²) in [4.78, 5) is 24.5. The van der Waals surface area contributed by atoms with Gasteiger partial charge in [-0.15, -0.1) is 11.3 Å². The van der Waals surface area contributed by atoms with Gasteiger partial charge in [0.2, 0.25) is 5.91 Å². The summed E-state index contributed by atoms with van der Waals surface area (Å²) in [5.74, 6) is -0.994. The van der Waals surface area contributed by atoms with Crippen LogP contribution in [0.25, 0.3) is 0 Å². The molecule has 0 unspecified atom stereocenters. The van der Waals surface area contributed by atoms with Gasteiger partial charge in [0.05, 0.1) is 4.88 Å². The van der Waals surface area contributed by atoms with Crippen molar-refractivity contribution in [1.82, 2.24) is 5.32 Å². The molecule has 20 heavy (non-hydrogen) atoms. The Kier molecular flexibility index (Phi) is 4.11. The molecule has 2 amide bonds. The summed E-state index contributed by atoms with van der Waals surface area (Å²) in [6, 6.07) is 10.1. The second-order valence-corrected chi connectivity index (χ2v) is 5.82. The van der Waals surface area contributed by atoms with E-state index >= 15 is 0 Å². The second-order valence-electron chi connectivity index (χ2n) is 4.43. The standard InChI is InChI=1S/C14H13ClN2O2S/c1-14(13(16)19,9-4-2-5-10(15)8-9)17-12(18)11-6-3-7-20-11/h2-8H,1H3,(H2,16,19)(H,17,18)/t14-/m1/s1. The van der Waals surface area contributed by atoms with E-state index in [1.54, 1.807) is 48.7 Å². The molecule has 0 saturated carbocycles. The Morgan fingerprint density at radius 1 is 1.30 bits per heavy atom. The molecule has 0 spiro atoms. The fourth-order valence-corrected chi connectivity index (χ4v) is 2.58. The van der Waals surface area contributed by atoms with Gasteiger partial charge in [0, 0.05) is 5.02 Å². The van der Waals surface area contributed by atoms with Crippen molar-refractivity contribution in [3.63, 3.8) is 0 Å². The van der Waals surface area contributed by atoms with Crippen molar-refractivity contribution in [3.8, 4) is 0 Å². The topological polar surface area (TPSA) is 72.2 Å². The van der Waals surface area contributed by atoms with E-state index < -0.39 is 11.4 Å². The number of rotatable bonds is 4. The first-order valence-corrected chi connectivity index (χ1v) is 7.11. The molecule has 0 fully saturated rings. The smallest absolute Gasteiger partial charge is 0.262 e. The van der Waals surface area contributed by atoms with E-state index in [9.17, 15) is 9.59 Å². The Hall–Kier alpha value is -1.85. The maximum absolute atomic E-state index is 12.1. The third-order valence-corrected chi connectivity index (χ3v) is 4.11. The number of carbonyl (C=O) groups excluding carboxylic acids is 2. The highest BCUT2D eigenvalue weighted by molar-refractivity contribution is 7.12. The lowest BCUT2D eigenvalue weighted by atomic mass is 9.91. The van der Waals surface area contributed by atoms with E-state index in [0.717, 1.165) is 0 Å². The molecule has 2 rings (SSSR count). The number of nitrogens with one attached hydrogen (secondary N) is 1. The zero-order chi connectivity index (χ0) is 14.8. The highest BCUT2D eigenvalue weighted by Gasteiger charge is 2.35. The zero-order valence-corrected chi connectivity index (χ0v) is 12.3. The summed E-state index contributed by atoms with van der Waals surface area (Å²) in [5.41, 5.74) is 4.69. The number of thiophene rings is 1. The van der Waals surface area contributed by atoms with Crippen LogP contribution in [-0.4, -0.2) is 11.8 Å². The van der Waals surface area contributed by atoms with Crippen molar-refractivity contribution < 1.29 is 9.59 Å². The normalized spacial score (nSPS) is 13.5. The van der Waals surface area contributed by atoms with Crippen LogP contribution in [0, 0.1) is 0 Å². The van der Waals surface area contributed by atoms with Gasteiger partial charge in [-0.3, -0.25) is 9.59 Å². The first-order chi connectivity index (χ1) is 9.43. The predicted molar refractivity (Wildman–Crippen MR) is 79.8 cm³/mol. The summed E-state index contributed by atoms with van der Waals surface area (Å²) in [5, 5.41) is 4.94. The molecule has 104 valence electrons. The minimum absolute atomic E-state index is 0.346. The van der Waals surface area contributed by atoms with Crippen molar-refractivity contribution in [2.45, 2.75) is 12.5 Å². The molecule has 1 atom stereocenters. The monoisotopic (exact) mass is 308 g/mol. The number of primary amides is 1. The molecular weight excluding hydrogens is 296 g/mol. The van der Waals surface area contributed by atoms with Crippen molar-refractivity contribution >= 4 is 34.8 Å². The maximum Gasteiger partial charge on any atom is 0.262 e. The van der Waals surface area contributed by atoms with Crippen LogP contribution in [0.3, 0.4) is 0 Å². The molecule has 0 radical (unpaired) electrons. The highest BCUT2D eigenvalue weighted by atomic mass is 35.5. The van der Waals surface area contributed by atoms with Gasteiger partial charge in [-0.1, -0.05) is 29.8 Å². The van der Waals surface area contributed by atoms with Crippen LogP contribution in [0.5, 0.6) is 0 Å². The molecule has 2 aromatic rings. The van der Waals surface area contributed by atoms with E-state index in [4.69, 9.17) is 17.3 Å². The number of nitrogens with two attached hydrogens (primary N) is 1. The van der Waals surface area contributed by atoms with Crippen LogP contribution in [0.2, 0.25) is 5.02 Å². The van der Waals surface area contributed by atoms with E-state index in [1.807, 2.05) is 0 Å². The molecule has 0 aliphatic carbocycles. The van der Waals surface area contributed by atoms with Crippen molar-refractivity contribution in [3.05, 3.63) is 57.2 Å². The largest absolute Gasteiger partial charge is 0.367 e. The number of benzene rings is 1. The van der Waals surface area contributed by atoms with Crippen molar-refractivity contribution in [1.29, 1.82) is 0 Å². The number of amides is 2. The lowest BCUT2D eigenvalue weighted by Gasteiger charge is -2.28. The van der Waals surface area contributed by atoms with Gasteiger partial charge in [0.1, 0.15) is 5.54 Å². The molecule has 3 N–H and O–H groups in total. The van der Waals surface area contributed by atoms with Crippen LogP contribution in [0.1, 0.15) is 22.2 Å². The molecule has 0 aliphatic rings. The summed E-state index contributed by atoms with van der Waals surface area (Å²) in [6.07, 6.45) is 0. The molecule has 0 bridgehead atoms. The van der Waals surface area contributed by atoms with Crippen LogP contribution >= 0.6 is 22.9 Å². The van der Waals surface area contributed by atoms with Crippen LogP contribution < -0.4 is 11.1 Å². The molecule has 1 heterocycles. The lowest BCUT2D eigenvalue weighted by molar-refractivity contribution is -0.123. The fourth-order valence-electron chi connectivity index (χ4n) is 1.77. The molecule has 0 saturated heterocycles. The van der Waals surface area contributed by atoms with Gasteiger partial charge in [0.15, 0.2) is 0 Å². The van der Waals surface area contributed by atoms with Gasteiger partial charge < -0.3 is 11.1 Å². The second kappa shape index (κ2) is 5.64. The average Bonchev–Trinajstić information content (AvgIpc) is 2.92. The van der Waals surface area contributed by atoms with Gasteiger partial charge in [0.25, 0.3) is 5.91 Å². The first kappa shape index (κ1) is 14.6. The van der Waals surface area contributed by atoms with Gasteiger partial charge >= 0.3 is 0 Å². The number of hydrogen-bond acceptors (Lipinski definition) is 3. The molecule has 4 nitrogen and oxygen atoms in total. The summed E-state index contributed by atoms with van der Waals surface area (Å²) < 4.78 is 0. The molecular formula is C14H13ClN2O2S. The fraction of sp³-hybridized carbons (Fsp3) is 0.143. The lowest BCUT2D eigenvalue weighted by Crippen LogP contribution is -2.52. The van der Waals surface area contributed by atoms with E-state index in [0.29, 0.717) is 15.5 Å². The first-order valence-electron chi connectivity index (χ1n) is 5.85. The van der Waals surface area contributed by atoms with Crippen LogP contribution in [-0.2, 0) is 10.3 Å².